The van der Waals surface area contributed by atoms with E-state index in [4.69, 9.17) is 10.2 Å². The highest BCUT2D eigenvalue weighted by molar-refractivity contribution is 5.66. The molecular weight excluding hydrogens is 270 g/mol. The van der Waals surface area contributed by atoms with Crippen molar-refractivity contribution in [1.29, 1.82) is 0 Å². The third-order valence-corrected chi connectivity index (χ3v) is 2.81. The van der Waals surface area contributed by atoms with Crippen LogP contribution >= 0.6 is 0 Å². The maximum Gasteiger partial charge on any atom is 0.303 e. The van der Waals surface area contributed by atoms with Gasteiger partial charge >= 0.3 is 5.97 Å². The molecule has 0 saturated heterocycles. The Kier molecular flexibility index (Phi) is 11.9. The van der Waals surface area contributed by atoms with Gasteiger partial charge < -0.3 is 20.3 Å². The lowest BCUT2D eigenvalue weighted by atomic mass is 10.1. The minimum atomic E-state index is -0.758. The van der Waals surface area contributed by atoms with E-state index in [9.17, 15) is 9.59 Å². The van der Waals surface area contributed by atoms with E-state index in [1.807, 2.05) is 19.2 Å². The van der Waals surface area contributed by atoms with E-state index in [0.717, 1.165) is 32.1 Å². The van der Waals surface area contributed by atoms with Gasteiger partial charge in [0.2, 0.25) is 0 Å². The first-order chi connectivity index (χ1) is 10.1. The van der Waals surface area contributed by atoms with Crippen LogP contribution in [0, 0.1) is 0 Å². The van der Waals surface area contributed by atoms with Crippen LogP contribution in [0.1, 0.15) is 37.7 Å². The summed E-state index contributed by atoms with van der Waals surface area (Å²) in [6, 6.07) is 7.30. The van der Waals surface area contributed by atoms with Crippen molar-refractivity contribution in [2.24, 2.45) is 0 Å². The molecule has 0 saturated carbocycles. The summed E-state index contributed by atoms with van der Waals surface area (Å²) in [5.41, 5.74) is 1.25. The van der Waals surface area contributed by atoms with E-state index in [2.05, 4.69) is 5.32 Å². The third kappa shape index (κ3) is 12.9. The fourth-order valence-electron chi connectivity index (χ4n) is 1.61. The molecule has 0 bridgehead atoms. The maximum atomic E-state index is 9.96. The number of aliphatic carboxylic acids is 1. The summed E-state index contributed by atoms with van der Waals surface area (Å²) in [6.45, 7) is 0.977. The van der Waals surface area contributed by atoms with Crippen LogP contribution in [-0.4, -0.2) is 36.1 Å². The number of carbonyl (C=O) groups excluding carboxylic acids is 1. The molecule has 118 valence electrons. The van der Waals surface area contributed by atoms with Gasteiger partial charge in [0.15, 0.2) is 0 Å². The fourth-order valence-corrected chi connectivity index (χ4v) is 1.61. The van der Waals surface area contributed by atoms with E-state index in [1.54, 1.807) is 12.1 Å². The number of hydrogen-bond acceptors (Lipinski definition) is 4. The highest BCUT2D eigenvalue weighted by Crippen LogP contribution is 2.09. The zero-order valence-electron chi connectivity index (χ0n) is 12.5. The Labute approximate surface area is 126 Å². The Balaban J connectivity index is 0.000000384. The Morgan fingerprint density at radius 3 is 2.38 bits per heavy atom. The van der Waals surface area contributed by atoms with Gasteiger partial charge in [-0.05, 0) is 50.6 Å². The molecule has 1 aromatic carbocycles. The summed E-state index contributed by atoms with van der Waals surface area (Å²) in [5, 5.41) is 20.2. The summed E-state index contributed by atoms with van der Waals surface area (Å²) < 4.78 is 0. The summed E-state index contributed by atoms with van der Waals surface area (Å²) in [6.07, 6.45) is 4.99. The van der Waals surface area contributed by atoms with Crippen molar-refractivity contribution in [2.75, 3.05) is 13.6 Å². The van der Waals surface area contributed by atoms with Crippen molar-refractivity contribution < 1.29 is 19.8 Å². The molecule has 3 N–H and O–H groups in total. The molecule has 0 aliphatic carbocycles. The molecule has 5 heteroatoms. The topological polar surface area (TPSA) is 86.6 Å². The maximum absolute atomic E-state index is 9.96. The lowest BCUT2D eigenvalue weighted by Gasteiger charge is -1.99. The normalized spacial score (nSPS) is 9.57. The molecule has 1 aromatic rings. The molecule has 0 aromatic heterocycles. The third-order valence-electron chi connectivity index (χ3n) is 2.81. The first kappa shape index (κ1) is 19.1. The summed E-state index contributed by atoms with van der Waals surface area (Å²) in [5.74, 6) is -0.427. The van der Waals surface area contributed by atoms with Gasteiger partial charge in [-0.2, -0.15) is 0 Å². The second-order valence-corrected chi connectivity index (χ2v) is 4.68. The van der Waals surface area contributed by atoms with Gasteiger partial charge in [0.1, 0.15) is 12.0 Å². The molecule has 1 rings (SSSR count). The Bertz CT molecular complexity index is 390. The number of likely N-dealkylation sites (N-methyl/N-ethyl adjacent to an activating group) is 1. The van der Waals surface area contributed by atoms with Gasteiger partial charge in [-0.25, -0.2) is 0 Å². The highest BCUT2D eigenvalue weighted by Gasteiger charge is 1.95. The largest absolute Gasteiger partial charge is 0.508 e. The van der Waals surface area contributed by atoms with E-state index in [1.165, 1.54) is 5.56 Å². The second-order valence-electron chi connectivity index (χ2n) is 4.68. The monoisotopic (exact) mass is 295 g/mol. The molecule has 0 spiro atoms. The van der Waals surface area contributed by atoms with Crippen molar-refractivity contribution in [3.05, 3.63) is 29.8 Å². The number of rotatable bonds is 9. The van der Waals surface area contributed by atoms with E-state index < -0.39 is 5.97 Å². The molecule has 0 aliphatic rings. The van der Waals surface area contributed by atoms with Crippen molar-refractivity contribution in [3.8, 4) is 5.75 Å². The number of nitrogens with one attached hydrogen (secondary N) is 1. The van der Waals surface area contributed by atoms with E-state index in [-0.39, 0.29) is 6.42 Å². The van der Waals surface area contributed by atoms with Gasteiger partial charge in [0.25, 0.3) is 0 Å². The van der Waals surface area contributed by atoms with Gasteiger partial charge in [-0.3, -0.25) is 4.79 Å². The molecule has 0 atom stereocenters. The number of phenolic OH excluding ortho intramolecular Hbond substituents is 1. The zero-order chi connectivity index (χ0) is 15.9. The van der Waals surface area contributed by atoms with Crippen LogP contribution in [0.25, 0.3) is 0 Å². The second kappa shape index (κ2) is 13.1. The number of hydrogen-bond donors (Lipinski definition) is 3. The van der Waals surface area contributed by atoms with Gasteiger partial charge in [0.05, 0.1) is 0 Å². The molecule has 0 aliphatic heterocycles. The van der Waals surface area contributed by atoms with Crippen LogP contribution < -0.4 is 5.32 Å². The molecular formula is C16H25NO4. The number of phenols is 1. The van der Waals surface area contributed by atoms with Crippen molar-refractivity contribution >= 4 is 12.3 Å². The fraction of sp³-hybridized carbons (Fsp3) is 0.500. The van der Waals surface area contributed by atoms with Crippen LogP contribution in [-0.2, 0) is 16.0 Å². The number of carboxylic acid groups (broad SMARTS) is 1. The lowest BCUT2D eigenvalue weighted by Crippen LogP contribution is -2.09. The number of carboxylic acids is 1. The number of aldehydes is 1. The van der Waals surface area contributed by atoms with Crippen molar-refractivity contribution in [2.45, 2.75) is 38.5 Å². The SMILES string of the molecule is CNCCc1ccc(O)cc1.O=CCCCCCC(=O)O. The van der Waals surface area contributed by atoms with Crippen LogP contribution in [0.2, 0.25) is 0 Å². The van der Waals surface area contributed by atoms with Gasteiger partial charge in [-0.1, -0.05) is 18.6 Å². The van der Waals surface area contributed by atoms with Crippen molar-refractivity contribution in [3.63, 3.8) is 0 Å². The summed E-state index contributed by atoms with van der Waals surface area (Å²) >= 11 is 0. The highest BCUT2D eigenvalue weighted by atomic mass is 16.4. The number of benzene rings is 1. The molecule has 21 heavy (non-hydrogen) atoms. The lowest BCUT2D eigenvalue weighted by molar-refractivity contribution is -0.137. The first-order valence-corrected chi connectivity index (χ1v) is 7.18. The van der Waals surface area contributed by atoms with Gasteiger partial charge in [0, 0.05) is 12.8 Å². The van der Waals surface area contributed by atoms with Crippen LogP contribution in [0.5, 0.6) is 5.75 Å². The average molecular weight is 295 g/mol. The van der Waals surface area contributed by atoms with Crippen LogP contribution in [0.3, 0.4) is 0 Å². The molecule has 0 fully saturated rings. The van der Waals surface area contributed by atoms with Gasteiger partial charge in [-0.15, -0.1) is 0 Å². The van der Waals surface area contributed by atoms with E-state index in [0.29, 0.717) is 18.6 Å². The molecule has 5 nitrogen and oxygen atoms in total. The summed E-state index contributed by atoms with van der Waals surface area (Å²) in [4.78, 5) is 19.7. The quantitative estimate of drug-likeness (QED) is 0.481. The summed E-state index contributed by atoms with van der Waals surface area (Å²) in [7, 11) is 1.93. The average Bonchev–Trinajstić information content (AvgIpc) is 2.47. The Morgan fingerprint density at radius 1 is 1.19 bits per heavy atom. The molecule has 0 radical (unpaired) electrons. The zero-order valence-corrected chi connectivity index (χ0v) is 12.5. The standard InChI is InChI=1S/C9H13NO.C7H12O3/c1-10-7-6-8-2-4-9(11)5-3-8;8-6-4-2-1-3-5-7(9)10/h2-5,10-11H,6-7H2,1H3;6H,1-5H2,(H,9,10). The first-order valence-electron chi connectivity index (χ1n) is 7.18. The minimum absolute atomic E-state index is 0.221. The Morgan fingerprint density at radius 2 is 1.86 bits per heavy atom. The van der Waals surface area contributed by atoms with Crippen LogP contribution in [0.4, 0.5) is 0 Å². The molecule has 0 heterocycles. The van der Waals surface area contributed by atoms with Crippen molar-refractivity contribution in [1.82, 2.24) is 5.32 Å². The van der Waals surface area contributed by atoms with E-state index >= 15 is 0 Å². The van der Waals surface area contributed by atoms with Crippen LogP contribution in [0.15, 0.2) is 24.3 Å². The molecule has 0 amide bonds. The molecule has 0 unspecified atom stereocenters. The number of carbonyl (C=O) groups is 2. The predicted molar refractivity (Wildman–Crippen MR) is 82.5 cm³/mol. The minimum Gasteiger partial charge on any atom is -0.508 e. The smallest absolute Gasteiger partial charge is 0.303 e. The number of aromatic hydroxyl groups is 1. The predicted octanol–water partition coefficient (Wildman–Crippen LogP) is 2.37. The Hall–Kier alpha value is -1.88. The number of unbranched alkanes of at least 4 members (excludes halogenated alkanes) is 3.